The van der Waals surface area contributed by atoms with E-state index in [0.717, 1.165) is 6.29 Å². The van der Waals surface area contributed by atoms with E-state index >= 15 is 0 Å². The molecule has 0 atom stereocenters. The smallest absolute Gasteiger partial charge is 0.465 e. The van der Waals surface area contributed by atoms with E-state index in [1.165, 1.54) is 7.11 Å². The van der Waals surface area contributed by atoms with Crippen LogP contribution in [0.5, 0.6) is 0 Å². The molecule has 1 aromatic carbocycles. The van der Waals surface area contributed by atoms with Gasteiger partial charge in [-0.25, -0.2) is 4.79 Å². The second-order valence-electron chi connectivity index (χ2n) is 6.04. The van der Waals surface area contributed by atoms with Crippen LogP contribution >= 0.6 is 0 Å². The Labute approximate surface area is 124 Å². The normalized spacial score (nSPS) is 19.4. The monoisotopic (exact) mass is 290 g/mol. The van der Waals surface area contributed by atoms with Crippen molar-refractivity contribution in [3.05, 3.63) is 29.3 Å². The Morgan fingerprint density at radius 1 is 1.19 bits per heavy atom. The van der Waals surface area contributed by atoms with Gasteiger partial charge in [0, 0.05) is 5.56 Å². The fourth-order valence-electron chi connectivity index (χ4n) is 2.10. The van der Waals surface area contributed by atoms with Gasteiger partial charge in [-0.3, -0.25) is 4.79 Å². The number of carbonyl (C=O) groups excluding carboxylic acids is 2. The first kappa shape index (κ1) is 15.7. The summed E-state index contributed by atoms with van der Waals surface area (Å²) in [5.74, 6) is -0.467. The Morgan fingerprint density at radius 3 is 2.24 bits per heavy atom. The summed E-state index contributed by atoms with van der Waals surface area (Å²) < 4.78 is 16.6. The summed E-state index contributed by atoms with van der Waals surface area (Å²) in [6.45, 7) is 7.71. The zero-order valence-electron chi connectivity index (χ0n) is 12.9. The second-order valence-corrected chi connectivity index (χ2v) is 6.04. The Kier molecular flexibility index (Phi) is 3.95. The van der Waals surface area contributed by atoms with Crippen LogP contribution in [0.25, 0.3) is 0 Å². The average molecular weight is 290 g/mol. The summed E-state index contributed by atoms with van der Waals surface area (Å²) in [6, 6.07) is 4.70. The van der Waals surface area contributed by atoms with Crippen molar-refractivity contribution in [1.82, 2.24) is 0 Å². The van der Waals surface area contributed by atoms with Crippen molar-refractivity contribution in [1.29, 1.82) is 0 Å². The van der Waals surface area contributed by atoms with E-state index in [1.807, 2.05) is 27.7 Å². The molecule has 0 spiro atoms. The van der Waals surface area contributed by atoms with Crippen LogP contribution in [0.4, 0.5) is 0 Å². The van der Waals surface area contributed by atoms with Gasteiger partial charge in [0.05, 0.1) is 23.9 Å². The highest BCUT2D eigenvalue weighted by molar-refractivity contribution is 6.63. The molecule has 1 saturated heterocycles. The number of benzene rings is 1. The number of esters is 1. The highest BCUT2D eigenvalue weighted by atomic mass is 16.7. The summed E-state index contributed by atoms with van der Waals surface area (Å²) in [4.78, 5) is 22.9. The Hall–Kier alpha value is -1.66. The average Bonchev–Trinajstić information content (AvgIpc) is 2.65. The summed E-state index contributed by atoms with van der Waals surface area (Å²) in [6.07, 6.45) is 0.724. The van der Waals surface area contributed by atoms with Crippen molar-refractivity contribution in [3.63, 3.8) is 0 Å². The molecule has 0 aromatic heterocycles. The van der Waals surface area contributed by atoms with Crippen LogP contribution in [-0.4, -0.2) is 37.7 Å². The number of hydrogen-bond donors (Lipinski definition) is 0. The third kappa shape index (κ3) is 2.73. The molecular weight excluding hydrogens is 271 g/mol. The molecule has 0 saturated carbocycles. The largest absolute Gasteiger partial charge is 0.495 e. The molecule has 1 aromatic rings. The van der Waals surface area contributed by atoms with Crippen molar-refractivity contribution in [2.75, 3.05) is 7.11 Å². The standard InChI is InChI=1S/C15H19BO5/c1-14(2)15(3,4)21-16(20-14)12-8-10(13(18)19-5)6-7-11(12)9-17/h6-9H,1-5H3. The van der Waals surface area contributed by atoms with Crippen molar-refractivity contribution < 1.29 is 23.6 Å². The number of hydrogen-bond acceptors (Lipinski definition) is 5. The molecule has 1 aliphatic heterocycles. The van der Waals surface area contributed by atoms with Crippen LogP contribution in [0, 0.1) is 0 Å². The molecule has 21 heavy (non-hydrogen) atoms. The molecule has 1 heterocycles. The minimum atomic E-state index is -0.695. The quantitative estimate of drug-likeness (QED) is 0.480. The first-order chi connectivity index (χ1) is 9.71. The molecule has 0 N–H and O–H groups in total. The first-order valence-electron chi connectivity index (χ1n) is 6.75. The number of aldehydes is 1. The molecule has 0 bridgehead atoms. The van der Waals surface area contributed by atoms with E-state index < -0.39 is 24.3 Å². The maximum Gasteiger partial charge on any atom is 0.495 e. The predicted octanol–water partition coefficient (Wildman–Crippen LogP) is 1.58. The SMILES string of the molecule is COC(=O)c1ccc(C=O)c(B2OC(C)(C)C(C)(C)O2)c1. The van der Waals surface area contributed by atoms with Crippen molar-refractivity contribution in [2.45, 2.75) is 38.9 Å². The molecule has 0 aliphatic carbocycles. The summed E-state index contributed by atoms with van der Waals surface area (Å²) >= 11 is 0. The molecule has 1 aliphatic rings. The van der Waals surface area contributed by atoms with E-state index in [2.05, 4.69) is 0 Å². The van der Waals surface area contributed by atoms with Gasteiger partial charge >= 0.3 is 13.1 Å². The molecule has 1 fully saturated rings. The molecule has 0 amide bonds. The van der Waals surface area contributed by atoms with E-state index in [1.54, 1.807) is 18.2 Å². The minimum Gasteiger partial charge on any atom is -0.465 e. The fraction of sp³-hybridized carbons (Fsp3) is 0.467. The lowest BCUT2D eigenvalue weighted by molar-refractivity contribution is 0.00578. The lowest BCUT2D eigenvalue weighted by Crippen LogP contribution is -2.41. The van der Waals surface area contributed by atoms with E-state index in [0.29, 0.717) is 16.6 Å². The van der Waals surface area contributed by atoms with Crippen LogP contribution in [0.1, 0.15) is 48.4 Å². The summed E-state index contributed by atoms with van der Waals surface area (Å²) in [7, 11) is 0.615. The Bertz CT molecular complexity index is 563. The molecule has 0 radical (unpaired) electrons. The van der Waals surface area contributed by atoms with E-state index in [-0.39, 0.29) is 0 Å². The van der Waals surface area contributed by atoms with Gasteiger partial charge in [0.25, 0.3) is 0 Å². The third-order valence-corrected chi connectivity index (χ3v) is 4.14. The highest BCUT2D eigenvalue weighted by Crippen LogP contribution is 2.36. The van der Waals surface area contributed by atoms with Crippen LogP contribution < -0.4 is 5.46 Å². The number of rotatable bonds is 3. The van der Waals surface area contributed by atoms with Crippen LogP contribution in [-0.2, 0) is 14.0 Å². The molecule has 2 rings (SSSR count). The maximum atomic E-state index is 11.6. The van der Waals surface area contributed by atoms with Gasteiger partial charge < -0.3 is 14.0 Å². The summed E-state index contributed by atoms with van der Waals surface area (Å²) in [5, 5.41) is 0. The lowest BCUT2D eigenvalue weighted by Gasteiger charge is -2.32. The molecule has 5 nitrogen and oxygen atoms in total. The number of carbonyl (C=O) groups is 2. The van der Waals surface area contributed by atoms with Crippen molar-refractivity contribution in [2.24, 2.45) is 0 Å². The van der Waals surface area contributed by atoms with E-state index in [4.69, 9.17) is 14.0 Å². The lowest BCUT2D eigenvalue weighted by atomic mass is 9.75. The summed E-state index contributed by atoms with van der Waals surface area (Å²) in [5.41, 5.74) is 0.290. The fourth-order valence-corrected chi connectivity index (χ4v) is 2.10. The van der Waals surface area contributed by atoms with Crippen molar-refractivity contribution in [3.8, 4) is 0 Å². The molecule has 0 unspecified atom stereocenters. The Balaban J connectivity index is 2.44. The molecular formula is C15H19BO5. The number of methoxy groups -OCH3 is 1. The van der Waals surface area contributed by atoms with Gasteiger partial charge in [-0.2, -0.15) is 0 Å². The van der Waals surface area contributed by atoms with Crippen LogP contribution in [0.3, 0.4) is 0 Å². The van der Waals surface area contributed by atoms with Gasteiger partial charge in [0.1, 0.15) is 6.29 Å². The number of ether oxygens (including phenoxy) is 1. The topological polar surface area (TPSA) is 61.8 Å². The van der Waals surface area contributed by atoms with Gasteiger partial charge in [-0.1, -0.05) is 6.07 Å². The van der Waals surface area contributed by atoms with Gasteiger partial charge in [0.15, 0.2) is 0 Å². The van der Waals surface area contributed by atoms with E-state index in [9.17, 15) is 9.59 Å². The second kappa shape index (κ2) is 5.28. The predicted molar refractivity (Wildman–Crippen MR) is 78.9 cm³/mol. The third-order valence-electron chi connectivity index (χ3n) is 4.14. The first-order valence-corrected chi connectivity index (χ1v) is 6.75. The Morgan fingerprint density at radius 2 is 1.76 bits per heavy atom. The molecule has 112 valence electrons. The van der Waals surface area contributed by atoms with Crippen molar-refractivity contribution >= 4 is 24.8 Å². The van der Waals surface area contributed by atoms with Gasteiger partial charge in [0.2, 0.25) is 0 Å². The van der Waals surface area contributed by atoms with Gasteiger partial charge in [-0.05, 0) is 45.3 Å². The van der Waals surface area contributed by atoms with Gasteiger partial charge in [-0.15, -0.1) is 0 Å². The zero-order chi connectivity index (χ0) is 15.8. The maximum absolute atomic E-state index is 11.6. The minimum absolute atomic E-state index is 0.354. The highest BCUT2D eigenvalue weighted by Gasteiger charge is 2.52. The van der Waals surface area contributed by atoms with Crippen LogP contribution in [0.2, 0.25) is 0 Å². The van der Waals surface area contributed by atoms with Crippen LogP contribution in [0.15, 0.2) is 18.2 Å². The zero-order valence-corrected chi connectivity index (χ0v) is 12.9. The molecule has 6 heteroatoms.